The van der Waals surface area contributed by atoms with E-state index in [4.69, 9.17) is 0 Å². The Morgan fingerprint density at radius 2 is 1.62 bits per heavy atom. The molecule has 1 aromatic carbocycles. The number of rotatable bonds is 7. The Balaban J connectivity index is 1.50. The van der Waals surface area contributed by atoms with Crippen LogP contribution < -0.4 is 5.32 Å². The van der Waals surface area contributed by atoms with Crippen LogP contribution in [0, 0.1) is 5.92 Å². The van der Waals surface area contributed by atoms with Gasteiger partial charge in [-0.05, 0) is 63.2 Å². The monoisotopic (exact) mass is 356 g/mol. The normalized spacial score (nSPS) is 21.1. The Bertz CT molecular complexity index is 516. The van der Waals surface area contributed by atoms with Crippen molar-refractivity contribution in [2.24, 2.45) is 5.92 Å². The summed E-state index contributed by atoms with van der Waals surface area (Å²) in [6.07, 6.45) is 12.8. The van der Waals surface area contributed by atoms with Crippen LogP contribution in [0.15, 0.2) is 30.3 Å². The molecular formula is C23H36N2O. The molecule has 0 bridgehead atoms. The second kappa shape index (κ2) is 10.7. The summed E-state index contributed by atoms with van der Waals surface area (Å²) in [4.78, 5) is 15.6. The Hall–Kier alpha value is -1.35. The number of carbonyl (C=O) groups excluding carboxylic acids is 1. The molecule has 2 aliphatic rings. The molecule has 1 aliphatic carbocycles. The summed E-state index contributed by atoms with van der Waals surface area (Å²) < 4.78 is 0. The molecule has 3 nitrogen and oxygen atoms in total. The predicted molar refractivity (Wildman–Crippen MR) is 108 cm³/mol. The first-order valence-electron chi connectivity index (χ1n) is 10.9. The second-order valence-electron chi connectivity index (χ2n) is 8.19. The Kier molecular flexibility index (Phi) is 8.00. The van der Waals surface area contributed by atoms with Crippen LogP contribution in [0.2, 0.25) is 0 Å². The lowest BCUT2D eigenvalue weighted by atomic mass is 9.76. The van der Waals surface area contributed by atoms with Crippen molar-refractivity contribution in [2.45, 2.75) is 70.1 Å². The smallest absolute Gasteiger partial charge is 0.227 e. The van der Waals surface area contributed by atoms with E-state index in [1.165, 1.54) is 76.4 Å². The quantitative estimate of drug-likeness (QED) is 0.716. The van der Waals surface area contributed by atoms with E-state index in [1.54, 1.807) is 0 Å². The van der Waals surface area contributed by atoms with Crippen molar-refractivity contribution in [1.29, 1.82) is 0 Å². The zero-order chi connectivity index (χ0) is 18.0. The van der Waals surface area contributed by atoms with E-state index in [0.717, 1.165) is 19.5 Å². The zero-order valence-corrected chi connectivity index (χ0v) is 16.3. The van der Waals surface area contributed by atoms with Crippen molar-refractivity contribution in [3.63, 3.8) is 0 Å². The van der Waals surface area contributed by atoms with Gasteiger partial charge in [-0.2, -0.15) is 0 Å². The van der Waals surface area contributed by atoms with Crippen LogP contribution in [-0.4, -0.2) is 37.0 Å². The third-order valence-corrected chi connectivity index (χ3v) is 6.21. The minimum absolute atomic E-state index is 0.0367. The standard InChI is InChI=1S/C23H36N2O/c26-23(24-16-11-19-25-17-9-1-2-10-18-25)22(20-12-5-3-6-13-20)21-14-7-4-8-15-21/h3,5-6,12-13,21-22H,1-2,4,7-11,14-19H2,(H,24,26)/t22-/m1/s1. The molecule has 3 heteroatoms. The molecule has 1 atom stereocenters. The summed E-state index contributed by atoms with van der Waals surface area (Å²) in [5, 5.41) is 3.27. The summed E-state index contributed by atoms with van der Waals surface area (Å²) in [5.74, 6) is 0.797. The maximum absolute atomic E-state index is 13.0. The summed E-state index contributed by atoms with van der Waals surface area (Å²) in [7, 11) is 0. The fourth-order valence-electron chi connectivity index (χ4n) is 4.75. The van der Waals surface area contributed by atoms with Gasteiger partial charge in [0, 0.05) is 6.54 Å². The predicted octanol–water partition coefficient (Wildman–Crippen LogP) is 4.73. The van der Waals surface area contributed by atoms with Crippen LogP contribution in [-0.2, 0) is 4.79 Å². The number of benzene rings is 1. The van der Waals surface area contributed by atoms with Gasteiger partial charge in [0.2, 0.25) is 5.91 Å². The summed E-state index contributed by atoms with van der Waals surface area (Å²) in [6.45, 7) is 4.41. The number of nitrogens with one attached hydrogen (secondary N) is 1. The van der Waals surface area contributed by atoms with Crippen molar-refractivity contribution in [3.05, 3.63) is 35.9 Å². The SMILES string of the molecule is O=C(NCCCN1CCCCCC1)[C@H](c1ccccc1)C1CCCCC1. The fourth-order valence-corrected chi connectivity index (χ4v) is 4.75. The molecule has 0 unspecified atom stereocenters. The average molecular weight is 357 g/mol. The molecule has 0 aromatic heterocycles. The molecule has 1 aromatic rings. The zero-order valence-electron chi connectivity index (χ0n) is 16.3. The van der Waals surface area contributed by atoms with Gasteiger partial charge >= 0.3 is 0 Å². The van der Waals surface area contributed by atoms with E-state index >= 15 is 0 Å². The molecule has 1 saturated carbocycles. The Morgan fingerprint density at radius 3 is 2.31 bits per heavy atom. The highest BCUT2D eigenvalue weighted by Gasteiger charge is 2.30. The molecule has 0 radical (unpaired) electrons. The van der Waals surface area contributed by atoms with Gasteiger partial charge in [-0.3, -0.25) is 4.79 Å². The molecule has 1 N–H and O–H groups in total. The summed E-state index contributed by atoms with van der Waals surface area (Å²) in [6, 6.07) is 10.4. The maximum atomic E-state index is 13.0. The highest BCUT2D eigenvalue weighted by atomic mass is 16.1. The number of hydrogen-bond donors (Lipinski definition) is 1. The Labute approximate surface area is 159 Å². The molecule has 0 spiro atoms. The third kappa shape index (κ3) is 5.84. The van der Waals surface area contributed by atoms with E-state index in [-0.39, 0.29) is 11.8 Å². The summed E-state index contributed by atoms with van der Waals surface area (Å²) in [5.41, 5.74) is 1.20. The second-order valence-corrected chi connectivity index (χ2v) is 8.19. The first-order valence-corrected chi connectivity index (χ1v) is 10.9. The van der Waals surface area contributed by atoms with Gasteiger partial charge in [-0.1, -0.05) is 62.4 Å². The number of hydrogen-bond acceptors (Lipinski definition) is 2. The van der Waals surface area contributed by atoms with E-state index in [0.29, 0.717) is 5.92 Å². The number of likely N-dealkylation sites (tertiary alicyclic amines) is 1. The highest BCUT2D eigenvalue weighted by Crippen LogP contribution is 2.36. The minimum atomic E-state index is 0.0367. The van der Waals surface area contributed by atoms with Crippen LogP contribution in [0.25, 0.3) is 0 Å². The van der Waals surface area contributed by atoms with Crippen molar-refractivity contribution in [1.82, 2.24) is 10.2 Å². The van der Waals surface area contributed by atoms with Crippen LogP contribution in [0.1, 0.15) is 75.7 Å². The first kappa shape index (κ1) is 19.4. The average Bonchev–Trinajstić information content (AvgIpc) is 2.96. The van der Waals surface area contributed by atoms with Gasteiger partial charge in [0.25, 0.3) is 0 Å². The molecule has 3 rings (SSSR count). The third-order valence-electron chi connectivity index (χ3n) is 6.21. The number of carbonyl (C=O) groups is 1. The number of nitrogens with zero attached hydrogens (tertiary/aromatic N) is 1. The van der Waals surface area contributed by atoms with Crippen molar-refractivity contribution in [3.8, 4) is 0 Å². The number of amides is 1. The van der Waals surface area contributed by atoms with Crippen LogP contribution in [0.5, 0.6) is 0 Å². The topological polar surface area (TPSA) is 32.3 Å². The van der Waals surface area contributed by atoms with E-state index in [2.05, 4.69) is 34.5 Å². The molecule has 1 saturated heterocycles. The van der Waals surface area contributed by atoms with Crippen LogP contribution in [0.4, 0.5) is 0 Å². The molecule has 144 valence electrons. The maximum Gasteiger partial charge on any atom is 0.227 e. The van der Waals surface area contributed by atoms with Gasteiger partial charge < -0.3 is 10.2 Å². The minimum Gasteiger partial charge on any atom is -0.356 e. The van der Waals surface area contributed by atoms with Gasteiger partial charge in [-0.15, -0.1) is 0 Å². The van der Waals surface area contributed by atoms with Crippen molar-refractivity contribution in [2.75, 3.05) is 26.2 Å². The van der Waals surface area contributed by atoms with Crippen molar-refractivity contribution < 1.29 is 4.79 Å². The van der Waals surface area contributed by atoms with E-state index in [1.807, 2.05) is 6.07 Å². The molecule has 2 fully saturated rings. The lowest BCUT2D eigenvalue weighted by Gasteiger charge is -2.30. The van der Waals surface area contributed by atoms with Gasteiger partial charge in [0.1, 0.15) is 0 Å². The molecule has 26 heavy (non-hydrogen) atoms. The van der Waals surface area contributed by atoms with E-state index in [9.17, 15) is 4.79 Å². The molecular weight excluding hydrogens is 320 g/mol. The van der Waals surface area contributed by atoms with Gasteiger partial charge in [0.05, 0.1) is 5.92 Å². The van der Waals surface area contributed by atoms with Gasteiger partial charge in [-0.25, -0.2) is 0 Å². The lowest BCUT2D eigenvalue weighted by molar-refractivity contribution is -0.124. The fraction of sp³-hybridized carbons (Fsp3) is 0.696. The van der Waals surface area contributed by atoms with Crippen LogP contribution >= 0.6 is 0 Å². The lowest BCUT2D eigenvalue weighted by Crippen LogP contribution is -2.36. The molecule has 1 aliphatic heterocycles. The Morgan fingerprint density at radius 1 is 0.962 bits per heavy atom. The molecule has 1 heterocycles. The van der Waals surface area contributed by atoms with Crippen LogP contribution in [0.3, 0.4) is 0 Å². The summed E-state index contributed by atoms with van der Waals surface area (Å²) >= 11 is 0. The van der Waals surface area contributed by atoms with E-state index < -0.39 is 0 Å². The largest absolute Gasteiger partial charge is 0.356 e. The van der Waals surface area contributed by atoms with Crippen molar-refractivity contribution >= 4 is 5.91 Å². The van der Waals surface area contributed by atoms with Gasteiger partial charge in [0.15, 0.2) is 0 Å². The highest BCUT2D eigenvalue weighted by molar-refractivity contribution is 5.84. The molecule has 1 amide bonds. The first-order chi connectivity index (χ1) is 12.8.